The highest BCUT2D eigenvalue weighted by Gasteiger charge is 2.62. The second-order valence-electron chi connectivity index (χ2n) is 8.15. The summed E-state index contributed by atoms with van der Waals surface area (Å²) in [6.45, 7) is 0.471. The minimum atomic E-state index is -4.80. The van der Waals surface area contributed by atoms with E-state index in [9.17, 15) is 18.0 Å². The van der Waals surface area contributed by atoms with Crippen molar-refractivity contribution in [3.8, 4) is 0 Å². The zero-order valence-electron chi connectivity index (χ0n) is 18.3. The van der Waals surface area contributed by atoms with Crippen LogP contribution in [0.5, 0.6) is 0 Å². The van der Waals surface area contributed by atoms with Gasteiger partial charge in [0.25, 0.3) is 11.5 Å². The largest absolute Gasteiger partial charge is 0.435 e. The minimum absolute atomic E-state index is 0.0556. The molecule has 0 radical (unpaired) electrons. The lowest BCUT2D eigenvalue weighted by Gasteiger charge is -2.29. The third kappa shape index (κ3) is 5.08. The minimum Gasteiger partial charge on any atom is -0.374 e. The monoisotopic (exact) mass is 542 g/mol. The van der Waals surface area contributed by atoms with Crippen LogP contribution in [0.4, 0.5) is 13.2 Å². The molecule has 0 saturated carbocycles. The van der Waals surface area contributed by atoms with Gasteiger partial charge in [-0.05, 0) is 47.9 Å². The molecule has 1 atom stereocenters. The molecule has 4 rings (SSSR count). The Hall–Kier alpha value is -2.48. The van der Waals surface area contributed by atoms with E-state index in [1.54, 1.807) is 36.4 Å². The molecule has 0 saturated heterocycles. The van der Waals surface area contributed by atoms with Gasteiger partial charge < -0.3 is 10.2 Å². The highest BCUT2D eigenvalue weighted by Crippen LogP contribution is 2.50. The molecular formula is C25H20Cl3F3N2O2. The number of hydrogen-bond acceptors (Lipinski definition) is 3. The fraction of sp³-hybridized carbons (Fsp3) is 0.280. The number of nitrogens with zero attached hydrogens (tertiary/aromatic N) is 1. The Labute approximate surface area is 215 Å². The Balaban J connectivity index is 1.71. The normalized spacial score (nSPS) is 17.8. The average Bonchev–Trinajstić information content (AvgIpc) is 3.27. The summed E-state index contributed by atoms with van der Waals surface area (Å²) in [6.07, 6.45) is -3.86. The van der Waals surface area contributed by atoms with Gasteiger partial charge in [0.1, 0.15) is 0 Å². The lowest BCUT2D eigenvalue weighted by atomic mass is 9.85. The molecule has 1 amide bonds. The van der Waals surface area contributed by atoms with E-state index in [0.717, 1.165) is 12.8 Å². The van der Waals surface area contributed by atoms with Gasteiger partial charge in [0.2, 0.25) is 0 Å². The summed E-state index contributed by atoms with van der Waals surface area (Å²) in [5.41, 5.74) is -2.02. The van der Waals surface area contributed by atoms with Gasteiger partial charge in [0, 0.05) is 45.6 Å². The lowest BCUT2D eigenvalue weighted by Crippen LogP contribution is -2.42. The fourth-order valence-electron chi connectivity index (χ4n) is 4.10. The van der Waals surface area contributed by atoms with Crippen LogP contribution in [0.25, 0.3) is 10.8 Å². The first-order valence-electron chi connectivity index (χ1n) is 10.8. The third-order valence-electron chi connectivity index (χ3n) is 5.84. The fourth-order valence-corrected chi connectivity index (χ4v) is 4.82. The van der Waals surface area contributed by atoms with Crippen LogP contribution in [-0.4, -0.2) is 30.2 Å². The first kappa shape index (κ1) is 25.6. The molecule has 1 aliphatic heterocycles. The molecule has 0 fully saturated rings. The summed E-state index contributed by atoms with van der Waals surface area (Å²) in [5, 5.41) is 8.00. The Morgan fingerprint density at radius 2 is 1.71 bits per heavy atom. The van der Waals surface area contributed by atoms with E-state index in [-0.39, 0.29) is 27.2 Å². The average molecular weight is 544 g/mol. The zero-order chi connectivity index (χ0) is 25.2. The number of fused-ring (bicyclic) bond motifs is 1. The van der Waals surface area contributed by atoms with Crippen LogP contribution < -0.4 is 5.32 Å². The van der Waals surface area contributed by atoms with Crippen LogP contribution in [0.1, 0.15) is 40.7 Å². The van der Waals surface area contributed by atoms with E-state index < -0.39 is 18.2 Å². The first-order chi connectivity index (χ1) is 16.7. The topological polar surface area (TPSA) is 50.7 Å². The number of oxime groups is 1. The predicted molar refractivity (Wildman–Crippen MR) is 133 cm³/mol. The van der Waals surface area contributed by atoms with Gasteiger partial charge in [0.05, 0.1) is 5.71 Å². The number of amides is 1. The van der Waals surface area contributed by atoms with E-state index in [0.29, 0.717) is 34.3 Å². The van der Waals surface area contributed by atoms with Gasteiger partial charge >= 0.3 is 6.18 Å². The molecule has 0 aromatic heterocycles. The van der Waals surface area contributed by atoms with Crippen LogP contribution in [0, 0.1) is 0 Å². The van der Waals surface area contributed by atoms with Crippen molar-refractivity contribution in [2.75, 3.05) is 12.4 Å². The van der Waals surface area contributed by atoms with Crippen molar-refractivity contribution in [3.05, 3.63) is 81.3 Å². The Kier molecular flexibility index (Phi) is 7.50. The van der Waals surface area contributed by atoms with Crippen molar-refractivity contribution in [1.82, 2.24) is 5.32 Å². The van der Waals surface area contributed by atoms with E-state index in [2.05, 4.69) is 10.5 Å². The van der Waals surface area contributed by atoms with E-state index >= 15 is 0 Å². The van der Waals surface area contributed by atoms with Crippen molar-refractivity contribution in [2.45, 2.75) is 31.0 Å². The standard InChI is InChI=1S/C25H20Cl3F3N2O2/c26-9-3-4-10-32-23(34)21-8-7-20(18-5-1-2-6-19(18)21)22-14-24(35-33-22,25(29,30)31)15-11-16(27)13-17(28)12-15/h1-2,5-8,11-13H,3-4,9-10,14H2,(H,32,34). The van der Waals surface area contributed by atoms with Crippen LogP contribution >= 0.6 is 34.8 Å². The Bertz CT molecular complexity index is 1280. The molecule has 3 aromatic carbocycles. The second-order valence-corrected chi connectivity index (χ2v) is 9.40. The van der Waals surface area contributed by atoms with Gasteiger partial charge in [-0.2, -0.15) is 13.2 Å². The number of nitrogens with one attached hydrogen (secondary N) is 1. The number of halogens is 6. The molecule has 3 aromatic rings. The highest BCUT2D eigenvalue weighted by atomic mass is 35.5. The zero-order valence-corrected chi connectivity index (χ0v) is 20.5. The van der Waals surface area contributed by atoms with Crippen LogP contribution in [0.2, 0.25) is 10.0 Å². The van der Waals surface area contributed by atoms with E-state index in [1.807, 2.05) is 0 Å². The van der Waals surface area contributed by atoms with Crippen LogP contribution in [0.3, 0.4) is 0 Å². The molecule has 10 heteroatoms. The molecule has 35 heavy (non-hydrogen) atoms. The Morgan fingerprint density at radius 3 is 2.37 bits per heavy atom. The number of rotatable bonds is 7. The second kappa shape index (κ2) is 10.2. The third-order valence-corrected chi connectivity index (χ3v) is 6.54. The molecule has 1 aliphatic rings. The van der Waals surface area contributed by atoms with Gasteiger partial charge in [-0.25, -0.2) is 0 Å². The predicted octanol–water partition coefficient (Wildman–Crippen LogP) is 7.48. The summed E-state index contributed by atoms with van der Waals surface area (Å²) < 4.78 is 43.1. The summed E-state index contributed by atoms with van der Waals surface area (Å²) in [6, 6.07) is 13.9. The number of alkyl halides is 4. The maximum absolute atomic E-state index is 14.4. The quantitative estimate of drug-likeness (QED) is 0.248. The number of carbonyl (C=O) groups is 1. The molecule has 0 aliphatic carbocycles. The summed E-state index contributed by atoms with van der Waals surface area (Å²) in [7, 11) is 0. The molecule has 1 heterocycles. The van der Waals surface area contributed by atoms with Crippen molar-refractivity contribution in [3.63, 3.8) is 0 Å². The van der Waals surface area contributed by atoms with E-state index in [4.69, 9.17) is 39.6 Å². The maximum Gasteiger partial charge on any atom is 0.435 e. The van der Waals surface area contributed by atoms with Crippen molar-refractivity contribution >= 4 is 57.2 Å². The number of hydrogen-bond donors (Lipinski definition) is 1. The molecule has 4 nitrogen and oxygen atoms in total. The molecule has 0 bridgehead atoms. The van der Waals surface area contributed by atoms with Crippen LogP contribution in [0.15, 0.2) is 59.8 Å². The highest BCUT2D eigenvalue weighted by molar-refractivity contribution is 6.34. The smallest absolute Gasteiger partial charge is 0.374 e. The molecule has 0 spiro atoms. The van der Waals surface area contributed by atoms with E-state index in [1.165, 1.54) is 18.2 Å². The van der Waals surface area contributed by atoms with Crippen LogP contribution in [-0.2, 0) is 10.4 Å². The van der Waals surface area contributed by atoms with Crippen molar-refractivity contribution < 1.29 is 22.8 Å². The maximum atomic E-state index is 14.4. The lowest BCUT2D eigenvalue weighted by molar-refractivity contribution is -0.275. The first-order valence-corrected chi connectivity index (χ1v) is 12.1. The SMILES string of the molecule is O=C(NCCCCCl)c1ccc(C2=NOC(c3cc(Cl)cc(Cl)c3)(C(F)(F)F)C2)c2ccccc12. The van der Waals surface area contributed by atoms with Crippen molar-refractivity contribution in [2.24, 2.45) is 5.16 Å². The molecular weight excluding hydrogens is 524 g/mol. The Morgan fingerprint density at radius 1 is 1.03 bits per heavy atom. The van der Waals surface area contributed by atoms with Gasteiger partial charge in [-0.15, -0.1) is 11.6 Å². The number of unbranched alkanes of at least 4 members (excludes halogenated alkanes) is 1. The summed E-state index contributed by atoms with van der Waals surface area (Å²) in [4.78, 5) is 17.9. The number of benzene rings is 3. The molecule has 1 N–H and O–H groups in total. The molecule has 184 valence electrons. The summed E-state index contributed by atoms with van der Waals surface area (Å²) in [5.74, 6) is 0.239. The molecule has 1 unspecified atom stereocenters. The summed E-state index contributed by atoms with van der Waals surface area (Å²) >= 11 is 17.6. The van der Waals surface area contributed by atoms with Gasteiger partial charge in [-0.1, -0.05) is 58.7 Å². The number of carbonyl (C=O) groups excluding carboxylic acids is 1. The van der Waals surface area contributed by atoms with Crippen molar-refractivity contribution in [1.29, 1.82) is 0 Å². The van der Waals surface area contributed by atoms with Gasteiger partial charge in [0.15, 0.2) is 0 Å². The van der Waals surface area contributed by atoms with Gasteiger partial charge in [-0.3, -0.25) is 4.79 Å².